The van der Waals surface area contributed by atoms with Gasteiger partial charge in [-0.3, -0.25) is 4.79 Å². The molecule has 0 amide bonds. The Labute approximate surface area is 109 Å². The van der Waals surface area contributed by atoms with Crippen LogP contribution in [0, 0.1) is 6.92 Å². The van der Waals surface area contributed by atoms with Crippen LogP contribution >= 0.6 is 0 Å². The minimum absolute atomic E-state index is 0.193. The molecular formula is C13H16F2O4. The summed E-state index contributed by atoms with van der Waals surface area (Å²) in [5, 5.41) is 8.50. The van der Waals surface area contributed by atoms with Crippen molar-refractivity contribution in [1.29, 1.82) is 0 Å². The van der Waals surface area contributed by atoms with Gasteiger partial charge in [-0.1, -0.05) is 0 Å². The summed E-state index contributed by atoms with van der Waals surface area (Å²) in [7, 11) is 2.77. The molecule has 0 unspecified atom stereocenters. The normalized spacial score (nSPS) is 11.2. The number of carboxylic acids is 1. The molecule has 6 heteroatoms. The smallest absolute Gasteiger partial charge is 0.303 e. The van der Waals surface area contributed by atoms with Crippen molar-refractivity contribution in [2.75, 3.05) is 14.2 Å². The van der Waals surface area contributed by atoms with Gasteiger partial charge in [0.25, 0.3) is 5.92 Å². The minimum Gasteiger partial charge on any atom is -0.493 e. The molecule has 0 saturated heterocycles. The number of carboxylic acid groups (broad SMARTS) is 1. The lowest BCUT2D eigenvalue weighted by molar-refractivity contribution is -0.139. The highest BCUT2D eigenvalue weighted by Gasteiger charge is 2.34. The number of halogens is 2. The van der Waals surface area contributed by atoms with Crippen LogP contribution in [0.5, 0.6) is 11.5 Å². The zero-order valence-electron chi connectivity index (χ0n) is 11.0. The molecule has 0 fully saturated rings. The second-order valence-electron chi connectivity index (χ2n) is 4.12. The first kappa shape index (κ1) is 15.2. The van der Waals surface area contributed by atoms with Crippen LogP contribution in [0.2, 0.25) is 0 Å². The molecule has 1 rings (SSSR count). The molecule has 0 radical (unpaired) electrons. The van der Waals surface area contributed by atoms with E-state index < -0.39 is 24.7 Å². The first-order chi connectivity index (χ1) is 8.81. The SMILES string of the molecule is COc1cc(C)c(C(F)(F)CCC(=O)O)cc1OC. The van der Waals surface area contributed by atoms with Gasteiger partial charge in [0, 0.05) is 12.0 Å². The Bertz CT molecular complexity index is 472. The van der Waals surface area contributed by atoms with Crippen molar-refractivity contribution < 1.29 is 28.2 Å². The average molecular weight is 274 g/mol. The maximum Gasteiger partial charge on any atom is 0.303 e. The predicted octanol–water partition coefficient (Wildman–Crippen LogP) is 2.97. The van der Waals surface area contributed by atoms with Crippen molar-refractivity contribution in [2.24, 2.45) is 0 Å². The summed E-state index contributed by atoms with van der Waals surface area (Å²) in [6, 6.07) is 2.64. The fourth-order valence-electron chi connectivity index (χ4n) is 1.77. The summed E-state index contributed by atoms with van der Waals surface area (Å²) >= 11 is 0. The average Bonchev–Trinajstić information content (AvgIpc) is 2.35. The highest BCUT2D eigenvalue weighted by atomic mass is 19.3. The Morgan fingerprint density at radius 2 is 1.79 bits per heavy atom. The lowest BCUT2D eigenvalue weighted by atomic mass is 9.98. The van der Waals surface area contributed by atoms with Crippen molar-refractivity contribution in [1.82, 2.24) is 0 Å². The summed E-state index contributed by atoms with van der Waals surface area (Å²) in [6.07, 6.45) is -1.35. The Balaban J connectivity index is 3.14. The molecule has 1 aromatic rings. The zero-order valence-corrected chi connectivity index (χ0v) is 11.0. The molecule has 0 aliphatic carbocycles. The van der Waals surface area contributed by atoms with Crippen LogP contribution in [0.4, 0.5) is 8.78 Å². The molecule has 0 bridgehead atoms. The van der Waals surface area contributed by atoms with Gasteiger partial charge in [-0.2, -0.15) is 0 Å². The number of aryl methyl sites for hydroxylation is 1. The van der Waals surface area contributed by atoms with Gasteiger partial charge < -0.3 is 14.6 Å². The van der Waals surface area contributed by atoms with E-state index in [1.807, 2.05) is 0 Å². The molecule has 106 valence electrons. The van der Waals surface area contributed by atoms with Gasteiger partial charge in [-0.05, 0) is 24.6 Å². The molecular weight excluding hydrogens is 258 g/mol. The third kappa shape index (κ3) is 3.56. The van der Waals surface area contributed by atoms with Gasteiger partial charge in [0.05, 0.1) is 20.6 Å². The van der Waals surface area contributed by atoms with Gasteiger partial charge in [0.2, 0.25) is 0 Å². The van der Waals surface area contributed by atoms with Crippen molar-refractivity contribution in [2.45, 2.75) is 25.7 Å². The highest BCUT2D eigenvalue weighted by molar-refractivity contribution is 5.66. The molecule has 0 spiro atoms. The molecule has 0 atom stereocenters. The van der Waals surface area contributed by atoms with Crippen molar-refractivity contribution in [3.05, 3.63) is 23.3 Å². The number of ether oxygens (including phenoxy) is 2. The van der Waals surface area contributed by atoms with E-state index in [2.05, 4.69) is 0 Å². The van der Waals surface area contributed by atoms with Crippen LogP contribution in [0.1, 0.15) is 24.0 Å². The third-order valence-electron chi connectivity index (χ3n) is 2.78. The Kier molecular flexibility index (Phi) is 4.69. The van der Waals surface area contributed by atoms with Crippen LogP contribution in [0.25, 0.3) is 0 Å². The minimum atomic E-state index is -3.22. The fraction of sp³-hybridized carbons (Fsp3) is 0.462. The molecule has 0 heterocycles. The van der Waals surface area contributed by atoms with E-state index in [-0.39, 0.29) is 11.3 Å². The number of benzene rings is 1. The first-order valence-electron chi connectivity index (χ1n) is 5.64. The van der Waals surface area contributed by atoms with Crippen LogP contribution in [-0.2, 0) is 10.7 Å². The Hall–Kier alpha value is -1.85. The van der Waals surface area contributed by atoms with E-state index in [1.165, 1.54) is 33.3 Å². The standard InChI is InChI=1S/C13H16F2O4/c1-8-6-10(18-2)11(19-3)7-9(8)13(14,15)5-4-12(16)17/h6-7H,4-5H2,1-3H3,(H,16,17). The van der Waals surface area contributed by atoms with Crippen LogP contribution in [-0.4, -0.2) is 25.3 Å². The monoisotopic (exact) mass is 274 g/mol. The van der Waals surface area contributed by atoms with Gasteiger partial charge in [0.15, 0.2) is 11.5 Å². The summed E-state index contributed by atoms with van der Waals surface area (Å²) in [6.45, 7) is 1.52. The summed E-state index contributed by atoms with van der Waals surface area (Å²) in [5.41, 5.74) is 0.0828. The number of alkyl halides is 2. The van der Waals surface area contributed by atoms with Gasteiger partial charge in [-0.25, -0.2) is 8.78 Å². The number of aliphatic carboxylic acids is 1. The molecule has 19 heavy (non-hydrogen) atoms. The Morgan fingerprint density at radius 1 is 1.26 bits per heavy atom. The maximum atomic E-state index is 14.0. The second-order valence-corrected chi connectivity index (χ2v) is 4.12. The molecule has 0 saturated carbocycles. The zero-order chi connectivity index (χ0) is 14.6. The van der Waals surface area contributed by atoms with Crippen LogP contribution in [0.3, 0.4) is 0 Å². The summed E-state index contributed by atoms with van der Waals surface area (Å²) < 4.78 is 37.9. The number of carbonyl (C=O) groups is 1. The van der Waals surface area contributed by atoms with Crippen molar-refractivity contribution in [3.63, 3.8) is 0 Å². The van der Waals surface area contributed by atoms with E-state index in [9.17, 15) is 13.6 Å². The molecule has 0 aliphatic rings. The molecule has 1 aromatic carbocycles. The van der Waals surface area contributed by atoms with Gasteiger partial charge >= 0.3 is 5.97 Å². The molecule has 0 aromatic heterocycles. The van der Waals surface area contributed by atoms with Gasteiger partial charge in [0.1, 0.15) is 0 Å². The predicted molar refractivity (Wildman–Crippen MR) is 65.0 cm³/mol. The van der Waals surface area contributed by atoms with E-state index in [4.69, 9.17) is 14.6 Å². The lowest BCUT2D eigenvalue weighted by Crippen LogP contribution is -2.17. The van der Waals surface area contributed by atoms with Crippen LogP contribution in [0.15, 0.2) is 12.1 Å². The van der Waals surface area contributed by atoms with E-state index in [0.717, 1.165) is 0 Å². The third-order valence-corrected chi connectivity index (χ3v) is 2.78. The van der Waals surface area contributed by atoms with E-state index >= 15 is 0 Å². The number of hydrogen-bond acceptors (Lipinski definition) is 3. The molecule has 1 N–H and O–H groups in total. The number of hydrogen-bond donors (Lipinski definition) is 1. The summed E-state index contributed by atoms with van der Waals surface area (Å²) in [4.78, 5) is 10.4. The van der Waals surface area contributed by atoms with E-state index in [1.54, 1.807) is 0 Å². The van der Waals surface area contributed by atoms with Crippen molar-refractivity contribution >= 4 is 5.97 Å². The molecule has 0 aliphatic heterocycles. The largest absolute Gasteiger partial charge is 0.493 e. The first-order valence-corrected chi connectivity index (χ1v) is 5.64. The fourth-order valence-corrected chi connectivity index (χ4v) is 1.77. The maximum absolute atomic E-state index is 14.0. The highest BCUT2D eigenvalue weighted by Crippen LogP contribution is 2.40. The number of methoxy groups -OCH3 is 2. The molecule has 4 nitrogen and oxygen atoms in total. The quantitative estimate of drug-likeness (QED) is 0.866. The topological polar surface area (TPSA) is 55.8 Å². The Morgan fingerprint density at radius 3 is 2.26 bits per heavy atom. The van der Waals surface area contributed by atoms with Crippen molar-refractivity contribution in [3.8, 4) is 11.5 Å². The summed E-state index contributed by atoms with van der Waals surface area (Å²) in [5.74, 6) is -3.92. The number of rotatable bonds is 6. The van der Waals surface area contributed by atoms with Crippen LogP contribution < -0.4 is 9.47 Å². The second kappa shape index (κ2) is 5.86. The van der Waals surface area contributed by atoms with Gasteiger partial charge in [-0.15, -0.1) is 0 Å². The lowest BCUT2D eigenvalue weighted by Gasteiger charge is -2.20. The van der Waals surface area contributed by atoms with E-state index in [0.29, 0.717) is 11.3 Å².